The maximum atomic E-state index is 5.80. The Balaban J connectivity index is 2.60. The molecule has 4 heteroatoms. The van der Waals surface area contributed by atoms with E-state index in [1.807, 2.05) is 17.9 Å². The molecule has 0 bridgehead atoms. The summed E-state index contributed by atoms with van der Waals surface area (Å²) in [6.45, 7) is 10.4. The van der Waals surface area contributed by atoms with Crippen LogP contribution < -0.4 is 5.73 Å². The molecule has 0 unspecified atom stereocenters. The van der Waals surface area contributed by atoms with E-state index >= 15 is 0 Å². The molecule has 0 radical (unpaired) electrons. The van der Waals surface area contributed by atoms with Crippen molar-refractivity contribution in [2.75, 3.05) is 19.6 Å². The zero-order valence-electron chi connectivity index (χ0n) is 11.6. The highest BCUT2D eigenvalue weighted by atomic mass is 15.3. The number of hydrogen-bond donors (Lipinski definition) is 1. The minimum atomic E-state index is 0.171. The van der Waals surface area contributed by atoms with Crippen molar-refractivity contribution in [2.45, 2.75) is 33.7 Å². The van der Waals surface area contributed by atoms with Crippen LogP contribution in [0.1, 0.15) is 32.9 Å². The molecule has 0 aliphatic heterocycles. The quantitative estimate of drug-likeness (QED) is 0.785. The van der Waals surface area contributed by atoms with Gasteiger partial charge < -0.3 is 5.73 Å². The van der Waals surface area contributed by atoms with Crippen LogP contribution >= 0.6 is 0 Å². The van der Waals surface area contributed by atoms with E-state index in [1.54, 1.807) is 0 Å². The first-order valence-corrected chi connectivity index (χ1v) is 6.38. The van der Waals surface area contributed by atoms with Crippen LogP contribution in [-0.2, 0) is 13.6 Å². The third kappa shape index (κ3) is 4.88. The molecule has 0 aromatic carbocycles. The fraction of sp³-hybridized carbons (Fsp3) is 0.769. The van der Waals surface area contributed by atoms with E-state index in [4.69, 9.17) is 5.73 Å². The van der Waals surface area contributed by atoms with Crippen molar-refractivity contribution in [1.29, 1.82) is 0 Å². The minimum absolute atomic E-state index is 0.171. The van der Waals surface area contributed by atoms with Crippen LogP contribution in [0, 0.1) is 5.41 Å². The first-order chi connectivity index (χ1) is 7.96. The average molecular weight is 238 g/mol. The van der Waals surface area contributed by atoms with Gasteiger partial charge in [0.2, 0.25) is 0 Å². The highest BCUT2D eigenvalue weighted by molar-refractivity contribution is 4.98. The number of nitrogens with two attached hydrogens (primary N) is 1. The van der Waals surface area contributed by atoms with Gasteiger partial charge in [-0.1, -0.05) is 20.8 Å². The lowest BCUT2D eigenvalue weighted by molar-refractivity contribution is 0.174. The Morgan fingerprint density at radius 1 is 1.47 bits per heavy atom. The van der Waals surface area contributed by atoms with Crippen LogP contribution in [0.15, 0.2) is 12.3 Å². The van der Waals surface area contributed by atoms with Crippen molar-refractivity contribution < 1.29 is 0 Å². The van der Waals surface area contributed by atoms with E-state index in [0.29, 0.717) is 0 Å². The molecule has 0 amide bonds. The fourth-order valence-electron chi connectivity index (χ4n) is 1.98. The normalized spacial score (nSPS) is 12.4. The second kappa shape index (κ2) is 6.17. The topological polar surface area (TPSA) is 47.1 Å². The predicted molar refractivity (Wildman–Crippen MR) is 71.6 cm³/mol. The summed E-state index contributed by atoms with van der Waals surface area (Å²) in [6, 6.07) is 2.08. The van der Waals surface area contributed by atoms with Crippen LogP contribution in [0.4, 0.5) is 0 Å². The van der Waals surface area contributed by atoms with Gasteiger partial charge in [-0.3, -0.25) is 9.58 Å². The number of aryl methyl sites for hydroxylation is 1. The zero-order chi connectivity index (χ0) is 12.9. The smallest absolute Gasteiger partial charge is 0.0764 e. The molecule has 0 fully saturated rings. The van der Waals surface area contributed by atoms with Gasteiger partial charge in [0, 0.05) is 26.3 Å². The highest BCUT2D eigenvalue weighted by Crippen LogP contribution is 2.16. The number of nitrogens with zero attached hydrogens (tertiary/aromatic N) is 3. The highest BCUT2D eigenvalue weighted by Gasteiger charge is 2.20. The van der Waals surface area contributed by atoms with E-state index < -0.39 is 0 Å². The van der Waals surface area contributed by atoms with Crippen molar-refractivity contribution >= 4 is 0 Å². The van der Waals surface area contributed by atoms with E-state index in [-0.39, 0.29) is 5.41 Å². The molecule has 0 saturated heterocycles. The SMILES string of the molecule is CCCN(Cc1ccn(C)n1)CC(C)(C)CN. The van der Waals surface area contributed by atoms with Crippen molar-refractivity contribution in [3.63, 3.8) is 0 Å². The average Bonchev–Trinajstić information content (AvgIpc) is 2.64. The van der Waals surface area contributed by atoms with E-state index in [0.717, 1.165) is 38.3 Å². The monoisotopic (exact) mass is 238 g/mol. The van der Waals surface area contributed by atoms with Gasteiger partial charge in [0.05, 0.1) is 5.69 Å². The van der Waals surface area contributed by atoms with Gasteiger partial charge in [0.1, 0.15) is 0 Å². The second-order valence-electron chi connectivity index (χ2n) is 5.56. The van der Waals surface area contributed by atoms with Gasteiger partial charge in [0.15, 0.2) is 0 Å². The largest absolute Gasteiger partial charge is 0.330 e. The molecule has 17 heavy (non-hydrogen) atoms. The predicted octanol–water partition coefficient (Wildman–Crippen LogP) is 1.62. The molecule has 0 aliphatic carbocycles. The maximum Gasteiger partial charge on any atom is 0.0764 e. The molecule has 1 aromatic heterocycles. The number of aromatic nitrogens is 2. The Kier molecular flexibility index (Phi) is 5.15. The molecule has 0 spiro atoms. The Morgan fingerprint density at radius 2 is 2.18 bits per heavy atom. The number of hydrogen-bond acceptors (Lipinski definition) is 3. The molecular formula is C13H26N4. The lowest BCUT2D eigenvalue weighted by Gasteiger charge is -2.31. The molecule has 0 aliphatic rings. The summed E-state index contributed by atoms with van der Waals surface area (Å²) in [5.74, 6) is 0. The lowest BCUT2D eigenvalue weighted by atomic mass is 9.93. The van der Waals surface area contributed by atoms with E-state index in [9.17, 15) is 0 Å². The summed E-state index contributed by atoms with van der Waals surface area (Å²) in [7, 11) is 1.96. The summed E-state index contributed by atoms with van der Waals surface area (Å²) in [5, 5.41) is 4.43. The standard InChI is InChI=1S/C13H26N4/c1-5-7-17(11-13(2,3)10-14)9-12-6-8-16(4)15-12/h6,8H,5,7,9-11,14H2,1-4H3. The Hall–Kier alpha value is -0.870. The molecule has 0 atom stereocenters. The first kappa shape index (κ1) is 14.2. The Bertz CT molecular complexity index is 330. The van der Waals surface area contributed by atoms with Crippen LogP contribution in [0.3, 0.4) is 0 Å². The van der Waals surface area contributed by atoms with Crippen LogP contribution in [0.5, 0.6) is 0 Å². The molecule has 0 saturated carbocycles. The molecule has 1 rings (SSSR count). The summed E-state index contributed by atoms with van der Waals surface area (Å²) in [4.78, 5) is 2.44. The number of rotatable bonds is 7. The zero-order valence-corrected chi connectivity index (χ0v) is 11.6. The van der Waals surface area contributed by atoms with Crippen LogP contribution in [-0.4, -0.2) is 34.3 Å². The lowest BCUT2D eigenvalue weighted by Crippen LogP contribution is -2.38. The second-order valence-corrected chi connectivity index (χ2v) is 5.56. The molecule has 98 valence electrons. The summed E-state index contributed by atoms with van der Waals surface area (Å²) in [6.07, 6.45) is 3.15. The van der Waals surface area contributed by atoms with Gasteiger partial charge in [-0.15, -0.1) is 0 Å². The summed E-state index contributed by atoms with van der Waals surface area (Å²) >= 11 is 0. The fourth-order valence-corrected chi connectivity index (χ4v) is 1.98. The van der Waals surface area contributed by atoms with Gasteiger partial charge in [0.25, 0.3) is 0 Å². The van der Waals surface area contributed by atoms with E-state index in [2.05, 4.69) is 36.8 Å². The minimum Gasteiger partial charge on any atom is -0.330 e. The molecule has 1 aromatic rings. The van der Waals surface area contributed by atoms with Crippen molar-refractivity contribution in [3.8, 4) is 0 Å². The van der Waals surface area contributed by atoms with Crippen LogP contribution in [0.25, 0.3) is 0 Å². The van der Waals surface area contributed by atoms with Crippen molar-refractivity contribution in [2.24, 2.45) is 18.2 Å². The summed E-state index contributed by atoms with van der Waals surface area (Å²) < 4.78 is 1.85. The Morgan fingerprint density at radius 3 is 2.65 bits per heavy atom. The van der Waals surface area contributed by atoms with Gasteiger partial charge in [-0.05, 0) is 31.0 Å². The third-order valence-electron chi connectivity index (χ3n) is 2.90. The molecule has 4 nitrogen and oxygen atoms in total. The Labute approximate surface area is 105 Å². The van der Waals surface area contributed by atoms with Crippen molar-refractivity contribution in [3.05, 3.63) is 18.0 Å². The molecular weight excluding hydrogens is 212 g/mol. The molecule has 2 N–H and O–H groups in total. The first-order valence-electron chi connectivity index (χ1n) is 6.38. The van der Waals surface area contributed by atoms with Gasteiger partial charge in [-0.25, -0.2) is 0 Å². The maximum absolute atomic E-state index is 5.80. The molecule has 1 heterocycles. The van der Waals surface area contributed by atoms with Gasteiger partial charge in [-0.2, -0.15) is 5.10 Å². The third-order valence-corrected chi connectivity index (χ3v) is 2.90. The van der Waals surface area contributed by atoms with Crippen LogP contribution in [0.2, 0.25) is 0 Å². The van der Waals surface area contributed by atoms with Crippen molar-refractivity contribution in [1.82, 2.24) is 14.7 Å². The summed E-state index contributed by atoms with van der Waals surface area (Å²) in [5.41, 5.74) is 7.11. The van der Waals surface area contributed by atoms with E-state index in [1.165, 1.54) is 0 Å². The van der Waals surface area contributed by atoms with Gasteiger partial charge >= 0.3 is 0 Å².